The number of aliphatic carboxylic acids is 1. The fourth-order valence-corrected chi connectivity index (χ4v) is 2.69. The van der Waals surface area contributed by atoms with Gasteiger partial charge in [0.25, 0.3) is 0 Å². The van der Waals surface area contributed by atoms with Gasteiger partial charge < -0.3 is 19.7 Å². The van der Waals surface area contributed by atoms with Crippen molar-refractivity contribution in [1.82, 2.24) is 0 Å². The number of carboxylic acid groups (broad SMARTS) is 1. The minimum absolute atomic E-state index is 0.258. The zero-order valence-electron chi connectivity index (χ0n) is 11.8. The van der Waals surface area contributed by atoms with Crippen molar-refractivity contribution in [3.8, 4) is 0 Å². The summed E-state index contributed by atoms with van der Waals surface area (Å²) in [6.45, 7) is 4.14. The van der Waals surface area contributed by atoms with Crippen LogP contribution in [0.3, 0.4) is 0 Å². The van der Waals surface area contributed by atoms with Crippen molar-refractivity contribution in [2.24, 2.45) is 11.8 Å². The molecule has 5 atom stereocenters. The number of hydrogen-bond donors (Lipinski definition) is 2. The van der Waals surface area contributed by atoms with Gasteiger partial charge in [0.05, 0.1) is 6.10 Å². The van der Waals surface area contributed by atoms with Crippen molar-refractivity contribution in [2.45, 2.75) is 45.2 Å². The van der Waals surface area contributed by atoms with Crippen molar-refractivity contribution in [3.05, 3.63) is 12.2 Å². The van der Waals surface area contributed by atoms with Gasteiger partial charge in [-0.1, -0.05) is 6.08 Å². The number of hydrogen-bond acceptors (Lipinski definition) is 5. The molecule has 1 rings (SSSR count). The van der Waals surface area contributed by atoms with E-state index in [1.165, 1.54) is 6.08 Å². The second-order valence-electron chi connectivity index (χ2n) is 4.82. The Morgan fingerprint density at radius 3 is 2.70 bits per heavy atom. The van der Waals surface area contributed by atoms with E-state index in [9.17, 15) is 14.7 Å². The normalized spacial score (nSPS) is 29.4. The van der Waals surface area contributed by atoms with E-state index in [2.05, 4.69) is 0 Å². The highest BCUT2D eigenvalue weighted by Gasteiger charge is 2.42. The third-order valence-electron chi connectivity index (χ3n) is 3.55. The van der Waals surface area contributed by atoms with Crippen LogP contribution in [0.15, 0.2) is 12.2 Å². The SMILES string of the molecule is CCOC(C)O[C@H]1CC[C@@H](C(O)C(=O)O)[C@@H]1C=CC=O. The molecule has 0 radical (unpaired) electrons. The maximum absolute atomic E-state index is 10.9. The van der Waals surface area contributed by atoms with Gasteiger partial charge in [0.15, 0.2) is 12.4 Å². The zero-order valence-corrected chi connectivity index (χ0v) is 11.8. The summed E-state index contributed by atoms with van der Waals surface area (Å²) >= 11 is 0. The van der Waals surface area contributed by atoms with E-state index in [1.54, 1.807) is 13.0 Å². The standard InChI is InChI=1S/C14H22O6/c1-3-19-9(2)20-12-7-6-11(13(16)14(17)18)10(12)5-4-8-15/h4-5,8-13,16H,3,6-7H2,1-2H3,(H,17,18)/t9?,10-,11+,12-,13?/m0/s1. The number of rotatable bonds is 8. The Kier molecular flexibility index (Phi) is 6.84. The molecule has 0 aliphatic heterocycles. The van der Waals surface area contributed by atoms with Crippen LogP contribution in [0.5, 0.6) is 0 Å². The smallest absolute Gasteiger partial charge is 0.332 e. The topological polar surface area (TPSA) is 93.1 Å². The molecule has 114 valence electrons. The number of carbonyl (C=O) groups is 2. The molecule has 1 fully saturated rings. The van der Waals surface area contributed by atoms with E-state index < -0.39 is 24.3 Å². The summed E-state index contributed by atoms with van der Waals surface area (Å²) in [6, 6.07) is 0. The van der Waals surface area contributed by atoms with Crippen LogP contribution in [0, 0.1) is 11.8 Å². The Morgan fingerprint density at radius 2 is 2.15 bits per heavy atom. The molecule has 0 amide bonds. The molecule has 0 bridgehead atoms. The summed E-state index contributed by atoms with van der Waals surface area (Å²) in [5.74, 6) is -2.02. The predicted octanol–water partition coefficient (Wildman–Crippen LogP) is 0.981. The quantitative estimate of drug-likeness (QED) is 0.392. The van der Waals surface area contributed by atoms with Crippen LogP contribution in [-0.4, -0.2) is 47.6 Å². The second-order valence-corrected chi connectivity index (χ2v) is 4.82. The summed E-state index contributed by atoms with van der Waals surface area (Å²) in [5, 5.41) is 18.7. The Labute approximate surface area is 118 Å². The van der Waals surface area contributed by atoms with Gasteiger partial charge in [-0.2, -0.15) is 0 Å². The van der Waals surface area contributed by atoms with Gasteiger partial charge in [0, 0.05) is 18.4 Å². The van der Waals surface area contributed by atoms with Gasteiger partial charge in [0.2, 0.25) is 0 Å². The Balaban J connectivity index is 2.77. The Bertz CT molecular complexity index is 354. The molecule has 2 unspecified atom stereocenters. The fraction of sp³-hybridized carbons (Fsp3) is 0.714. The molecule has 0 aromatic carbocycles. The molecule has 0 saturated heterocycles. The lowest BCUT2D eigenvalue weighted by Gasteiger charge is -2.26. The van der Waals surface area contributed by atoms with Gasteiger partial charge in [-0.15, -0.1) is 0 Å². The largest absolute Gasteiger partial charge is 0.479 e. The first-order chi connectivity index (χ1) is 9.51. The summed E-state index contributed by atoms with van der Waals surface area (Å²) in [5.41, 5.74) is 0. The van der Waals surface area contributed by atoms with Crippen molar-refractivity contribution < 1.29 is 29.3 Å². The highest BCUT2D eigenvalue weighted by Crippen LogP contribution is 2.38. The van der Waals surface area contributed by atoms with E-state index in [4.69, 9.17) is 14.6 Å². The van der Waals surface area contributed by atoms with Crippen LogP contribution in [0.25, 0.3) is 0 Å². The number of allylic oxidation sites excluding steroid dienone is 1. The second kappa shape index (κ2) is 8.14. The zero-order chi connectivity index (χ0) is 15.1. The van der Waals surface area contributed by atoms with Crippen LogP contribution in [0.4, 0.5) is 0 Å². The van der Waals surface area contributed by atoms with Crippen molar-refractivity contribution >= 4 is 12.3 Å². The van der Waals surface area contributed by atoms with E-state index in [1.807, 2.05) is 6.92 Å². The monoisotopic (exact) mass is 286 g/mol. The average molecular weight is 286 g/mol. The van der Waals surface area contributed by atoms with E-state index in [0.717, 1.165) is 0 Å². The lowest BCUT2D eigenvalue weighted by molar-refractivity contribution is -0.166. The molecule has 0 aromatic rings. The third kappa shape index (κ3) is 4.40. The number of ether oxygens (including phenoxy) is 2. The molecule has 20 heavy (non-hydrogen) atoms. The van der Waals surface area contributed by atoms with Gasteiger partial charge >= 0.3 is 5.97 Å². The first kappa shape index (κ1) is 16.8. The Morgan fingerprint density at radius 1 is 1.45 bits per heavy atom. The summed E-state index contributed by atoms with van der Waals surface area (Å²) in [4.78, 5) is 21.4. The molecule has 6 nitrogen and oxygen atoms in total. The summed E-state index contributed by atoms with van der Waals surface area (Å²) in [7, 11) is 0. The lowest BCUT2D eigenvalue weighted by atomic mass is 9.89. The number of aliphatic hydroxyl groups excluding tert-OH is 1. The van der Waals surface area contributed by atoms with Crippen LogP contribution in [0.1, 0.15) is 26.7 Å². The van der Waals surface area contributed by atoms with Crippen LogP contribution >= 0.6 is 0 Å². The van der Waals surface area contributed by atoms with Crippen molar-refractivity contribution in [1.29, 1.82) is 0 Å². The lowest BCUT2D eigenvalue weighted by Crippen LogP contribution is -2.35. The number of aldehydes is 1. The number of carbonyl (C=O) groups excluding carboxylic acids is 1. The molecular weight excluding hydrogens is 264 g/mol. The van der Waals surface area contributed by atoms with Gasteiger partial charge in [-0.3, -0.25) is 4.79 Å². The maximum atomic E-state index is 10.9. The summed E-state index contributed by atoms with van der Waals surface area (Å²) < 4.78 is 11.0. The van der Waals surface area contributed by atoms with Crippen LogP contribution in [0.2, 0.25) is 0 Å². The number of aliphatic hydroxyl groups is 1. The highest BCUT2D eigenvalue weighted by molar-refractivity contribution is 5.72. The minimum atomic E-state index is -1.45. The molecule has 0 aromatic heterocycles. The fourth-order valence-electron chi connectivity index (χ4n) is 2.69. The molecular formula is C14H22O6. The first-order valence-corrected chi connectivity index (χ1v) is 6.81. The van der Waals surface area contributed by atoms with Crippen LogP contribution in [-0.2, 0) is 19.1 Å². The van der Waals surface area contributed by atoms with E-state index in [0.29, 0.717) is 25.7 Å². The average Bonchev–Trinajstić information content (AvgIpc) is 2.78. The van der Waals surface area contributed by atoms with E-state index >= 15 is 0 Å². The van der Waals surface area contributed by atoms with Crippen molar-refractivity contribution in [3.63, 3.8) is 0 Å². The molecule has 2 N–H and O–H groups in total. The van der Waals surface area contributed by atoms with E-state index in [-0.39, 0.29) is 12.0 Å². The molecule has 1 saturated carbocycles. The maximum Gasteiger partial charge on any atom is 0.332 e. The minimum Gasteiger partial charge on any atom is -0.479 e. The van der Waals surface area contributed by atoms with Gasteiger partial charge in [0.1, 0.15) is 6.29 Å². The van der Waals surface area contributed by atoms with Crippen LogP contribution < -0.4 is 0 Å². The molecule has 6 heteroatoms. The van der Waals surface area contributed by atoms with Crippen molar-refractivity contribution in [2.75, 3.05) is 6.61 Å². The van der Waals surface area contributed by atoms with Gasteiger partial charge in [-0.25, -0.2) is 4.79 Å². The predicted molar refractivity (Wildman–Crippen MR) is 71.0 cm³/mol. The highest BCUT2D eigenvalue weighted by atomic mass is 16.7. The molecule has 0 spiro atoms. The molecule has 1 aliphatic rings. The first-order valence-electron chi connectivity index (χ1n) is 6.81. The summed E-state index contributed by atoms with van der Waals surface area (Å²) in [6.07, 6.45) is 2.60. The number of carboxylic acids is 1. The molecule has 1 aliphatic carbocycles. The van der Waals surface area contributed by atoms with Gasteiger partial charge in [-0.05, 0) is 32.8 Å². The Hall–Kier alpha value is -1.24. The molecule has 0 heterocycles. The third-order valence-corrected chi connectivity index (χ3v) is 3.55.